The predicted octanol–water partition coefficient (Wildman–Crippen LogP) is 4.54. The van der Waals surface area contributed by atoms with E-state index in [4.69, 9.17) is 9.36 Å². The Hall–Kier alpha value is -2.81. The fourth-order valence-corrected chi connectivity index (χ4v) is 4.13. The lowest BCUT2D eigenvalue weighted by atomic mass is 9.96. The molecule has 0 N–H and O–H groups in total. The van der Waals surface area contributed by atoms with Gasteiger partial charge in [-0.25, -0.2) is 4.98 Å². The van der Waals surface area contributed by atoms with Gasteiger partial charge in [-0.3, -0.25) is 0 Å². The summed E-state index contributed by atoms with van der Waals surface area (Å²) in [5.41, 5.74) is 1.71. The Labute approximate surface area is 180 Å². The van der Waals surface area contributed by atoms with E-state index in [2.05, 4.69) is 44.0 Å². The third-order valence-electron chi connectivity index (χ3n) is 5.28. The number of oxime groups is 1. The summed E-state index contributed by atoms with van der Waals surface area (Å²) in [6.45, 7) is 9.76. The fraction of sp³-hybridized carbons (Fsp3) is 0.476. The van der Waals surface area contributed by atoms with Crippen molar-refractivity contribution in [3.05, 3.63) is 46.0 Å². The summed E-state index contributed by atoms with van der Waals surface area (Å²) < 4.78 is 5.50. The minimum atomic E-state index is 0.274. The van der Waals surface area contributed by atoms with Crippen molar-refractivity contribution < 1.29 is 9.36 Å². The molecule has 4 rings (SSSR count). The van der Waals surface area contributed by atoms with Crippen LogP contribution in [0.4, 0.5) is 5.82 Å². The van der Waals surface area contributed by atoms with Crippen LogP contribution in [0.15, 0.2) is 33.5 Å². The maximum Gasteiger partial charge on any atom is 0.256 e. The molecule has 0 aliphatic carbocycles. The largest absolute Gasteiger partial charge is 0.356 e. The van der Waals surface area contributed by atoms with E-state index in [1.807, 2.05) is 31.4 Å². The quantitative estimate of drug-likeness (QED) is 0.422. The van der Waals surface area contributed by atoms with Gasteiger partial charge in [0.1, 0.15) is 12.1 Å². The molecule has 30 heavy (non-hydrogen) atoms. The molecule has 9 heteroatoms. The van der Waals surface area contributed by atoms with Gasteiger partial charge < -0.3 is 14.3 Å². The number of rotatable bonds is 6. The van der Waals surface area contributed by atoms with Gasteiger partial charge in [0.25, 0.3) is 5.88 Å². The van der Waals surface area contributed by atoms with Crippen LogP contribution in [0.5, 0.6) is 5.88 Å². The van der Waals surface area contributed by atoms with E-state index in [-0.39, 0.29) is 11.8 Å². The minimum Gasteiger partial charge on any atom is -0.356 e. The zero-order valence-electron chi connectivity index (χ0n) is 17.7. The van der Waals surface area contributed by atoms with Gasteiger partial charge in [0.15, 0.2) is 5.82 Å². The molecule has 1 fully saturated rings. The summed E-state index contributed by atoms with van der Waals surface area (Å²) in [4.78, 5) is 22.3. The Kier molecular flexibility index (Phi) is 6.08. The Bertz CT molecular complexity index is 1010. The van der Waals surface area contributed by atoms with E-state index < -0.39 is 0 Å². The molecule has 3 aromatic rings. The zero-order valence-corrected chi connectivity index (χ0v) is 18.5. The number of anilines is 1. The first kappa shape index (κ1) is 20.5. The Morgan fingerprint density at radius 1 is 1.30 bits per heavy atom. The van der Waals surface area contributed by atoms with Gasteiger partial charge in [-0.1, -0.05) is 30.2 Å². The van der Waals surface area contributed by atoms with Crippen LogP contribution in [0.3, 0.4) is 0 Å². The number of thiophene rings is 1. The smallest absolute Gasteiger partial charge is 0.256 e. The van der Waals surface area contributed by atoms with Crippen LogP contribution >= 0.6 is 11.3 Å². The van der Waals surface area contributed by atoms with Crippen LogP contribution in [0, 0.1) is 6.92 Å². The second-order valence-corrected chi connectivity index (χ2v) is 8.73. The van der Waals surface area contributed by atoms with Crippen molar-refractivity contribution in [3.63, 3.8) is 0 Å². The molecule has 1 aliphatic rings. The molecule has 0 amide bonds. The monoisotopic (exact) mass is 426 g/mol. The lowest BCUT2D eigenvalue weighted by Gasteiger charge is -2.32. The zero-order chi connectivity index (χ0) is 21.1. The highest BCUT2D eigenvalue weighted by Crippen LogP contribution is 2.32. The van der Waals surface area contributed by atoms with E-state index in [1.165, 1.54) is 6.33 Å². The molecule has 0 unspecified atom stereocenters. The topological polar surface area (TPSA) is 89.5 Å². The minimum absolute atomic E-state index is 0.274. The van der Waals surface area contributed by atoms with Crippen LogP contribution in [-0.2, 0) is 0 Å². The molecule has 0 saturated carbocycles. The summed E-state index contributed by atoms with van der Waals surface area (Å²) in [5, 5.41) is 10.4. The molecule has 0 aromatic carbocycles. The molecule has 3 aromatic heterocycles. The molecule has 4 heterocycles. The van der Waals surface area contributed by atoms with Gasteiger partial charge in [0.05, 0.1) is 16.2 Å². The predicted molar refractivity (Wildman–Crippen MR) is 117 cm³/mol. The van der Waals surface area contributed by atoms with Gasteiger partial charge in [-0.2, -0.15) is 9.97 Å². The van der Waals surface area contributed by atoms with Crippen molar-refractivity contribution in [2.24, 2.45) is 5.16 Å². The van der Waals surface area contributed by atoms with E-state index in [1.54, 1.807) is 11.3 Å². The van der Waals surface area contributed by atoms with Gasteiger partial charge >= 0.3 is 0 Å². The Morgan fingerprint density at radius 3 is 2.77 bits per heavy atom. The first-order chi connectivity index (χ1) is 14.5. The van der Waals surface area contributed by atoms with Crippen LogP contribution in [0.1, 0.15) is 67.6 Å². The molecule has 0 radical (unpaired) electrons. The summed E-state index contributed by atoms with van der Waals surface area (Å²) in [6, 6.07) is 4.01. The first-order valence-corrected chi connectivity index (χ1v) is 11.1. The fourth-order valence-electron chi connectivity index (χ4n) is 3.46. The Balaban J connectivity index is 1.42. The summed E-state index contributed by atoms with van der Waals surface area (Å²) in [5.74, 6) is 3.46. The molecule has 8 nitrogen and oxygen atoms in total. The highest BCUT2D eigenvalue weighted by Gasteiger charge is 2.27. The number of hydrogen-bond donors (Lipinski definition) is 0. The van der Waals surface area contributed by atoms with E-state index in [9.17, 15) is 0 Å². The second kappa shape index (κ2) is 8.91. The highest BCUT2D eigenvalue weighted by atomic mass is 32.1. The number of hydrogen-bond acceptors (Lipinski definition) is 9. The van der Waals surface area contributed by atoms with Gasteiger partial charge in [-0.15, -0.1) is 11.3 Å². The van der Waals surface area contributed by atoms with Crippen molar-refractivity contribution in [1.82, 2.24) is 20.1 Å². The highest BCUT2D eigenvalue weighted by molar-refractivity contribution is 7.12. The molecule has 158 valence electrons. The maximum absolute atomic E-state index is 5.65. The average Bonchev–Trinajstić information content (AvgIpc) is 3.45. The molecule has 0 atom stereocenters. The molecular weight excluding hydrogens is 400 g/mol. The normalized spacial score (nSPS) is 15.8. The van der Waals surface area contributed by atoms with Crippen LogP contribution in [0.2, 0.25) is 0 Å². The third kappa shape index (κ3) is 4.35. The standard InChI is InChI=1S/C21H26N6O2S/c1-13(2)18-24-21(29-26-18)16-7-9-27(10-8-16)19-14(3)20(23-12-22-19)28-25-15(4)17-6-5-11-30-17/h5-6,11-13,16H,7-10H2,1-4H3. The lowest BCUT2D eigenvalue weighted by Crippen LogP contribution is -2.34. The van der Waals surface area contributed by atoms with E-state index >= 15 is 0 Å². The van der Waals surface area contributed by atoms with Crippen molar-refractivity contribution in [3.8, 4) is 5.88 Å². The lowest BCUT2D eigenvalue weighted by molar-refractivity contribution is 0.321. The molecule has 0 bridgehead atoms. The van der Waals surface area contributed by atoms with Crippen molar-refractivity contribution >= 4 is 22.9 Å². The summed E-state index contributed by atoms with van der Waals surface area (Å²) in [6.07, 6.45) is 3.41. The number of piperidine rings is 1. The van der Waals surface area contributed by atoms with E-state index in [0.29, 0.717) is 5.88 Å². The third-order valence-corrected chi connectivity index (χ3v) is 6.25. The molecule has 0 spiro atoms. The summed E-state index contributed by atoms with van der Waals surface area (Å²) >= 11 is 1.63. The van der Waals surface area contributed by atoms with Crippen molar-refractivity contribution in [2.45, 2.75) is 52.4 Å². The van der Waals surface area contributed by atoms with E-state index in [0.717, 1.165) is 59.6 Å². The van der Waals surface area contributed by atoms with Gasteiger partial charge in [0.2, 0.25) is 5.89 Å². The molecular formula is C21H26N6O2S. The van der Waals surface area contributed by atoms with Gasteiger partial charge in [0, 0.05) is 24.9 Å². The number of nitrogens with zero attached hydrogens (tertiary/aromatic N) is 6. The Morgan fingerprint density at radius 2 is 2.10 bits per heavy atom. The van der Waals surface area contributed by atoms with Crippen LogP contribution in [0.25, 0.3) is 0 Å². The van der Waals surface area contributed by atoms with Crippen molar-refractivity contribution in [1.29, 1.82) is 0 Å². The first-order valence-electron chi connectivity index (χ1n) is 10.2. The second-order valence-electron chi connectivity index (χ2n) is 7.78. The SMILES string of the molecule is CC(=NOc1ncnc(N2CCC(c3nc(C(C)C)no3)CC2)c1C)c1cccs1. The van der Waals surface area contributed by atoms with Gasteiger partial charge in [-0.05, 0) is 38.1 Å². The number of aromatic nitrogens is 4. The summed E-state index contributed by atoms with van der Waals surface area (Å²) in [7, 11) is 0. The van der Waals surface area contributed by atoms with Crippen LogP contribution < -0.4 is 9.74 Å². The average molecular weight is 427 g/mol. The maximum atomic E-state index is 5.65. The molecule has 1 aliphatic heterocycles. The molecule has 1 saturated heterocycles. The van der Waals surface area contributed by atoms with Crippen LogP contribution in [-0.4, -0.2) is 38.9 Å². The van der Waals surface area contributed by atoms with Crippen molar-refractivity contribution in [2.75, 3.05) is 18.0 Å².